The molecule has 132 valence electrons. The van der Waals surface area contributed by atoms with Crippen molar-refractivity contribution in [2.24, 2.45) is 5.92 Å². The minimum absolute atomic E-state index is 0.157. The number of hydrogen-bond donors (Lipinski definition) is 2. The van der Waals surface area contributed by atoms with Crippen molar-refractivity contribution in [2.45, 2.75) is 61.7 Å². The van der Waals surface area contributed by atoms with Crippen LogP contribution in [0.5, 0.6) is 11.5 Å². The molecule has 5 aliphatic rings. The maximum Gasteiger partial charge on any atom is 0.166 e. The molecule has 4 heteroatoms. The van der Waals surface area contributed by atoms with E-state index in [4.69, 9.17) is 4.74 Å². The number of ether oxygens (including phenoxy) is 1. The third-order valence-electron chi connectivity index (χ3n) is 7.71. The average molecular weight is 339 g/mol. The highest BCUT2D eigenvalue weighted by molar-refractivity contribution is 5.63. The fourth-order valence-corrected chi connectivity index (χ4v) is 6.39. The number of nitrogens with zero attached hydrogens (tertiary/aromatic N) is 1. The van der Waals surface area contributed by atoms with E-state index in [9.17, 15) is 10.2 Å². The van der Waals surface area contributed by atoms with Crippen molar-refractivity contribution in [3.8, 4) is 11.5 Å². The second-order valence-electron chi connectivity index (χ2n) is 8.91. The van der Waals surface area contributed by atoms with Gasteiger partial charge in [-0.1, -0.05) is 12.6 Å². The molecule has 0 radical (unpaired) electrons. The number of phenolic OH excluding ortho intramolecular Hbond substituents is 1. The lowest BCUT2D eigenvalue weighted by molar-refractivity contribution is -0.174. The van der Waals surface area contributed by atoms with Gasteiger partial charge in [-0.25, -0.2) is 0 Å². The standard InChI is InChI=1S/C21H25NO3/c1-12-6-7-21(24)16-10-14-4-5-15(23)18-17(14)20(21,19(12)25-18)8-9-22(16)11-13-2-3-13/h4-5,13,16,19,23-24H,1-3,6-11H2/t16?,19?,20-,21+/m1/s1. The highest BCUT2D eigenvalue weighted by Gasteiger charge is 2.71. The van der Waals surface area contributed by atoms with E-state index < -0.39 is 11.0 Å². The third-order valence-corrected chi connectivity index (χ3v) is 7.71. The Morgan fingerprint density at radius 3 is 2.92 bits per heavy atom. The van der Waals surface area contributed by atoms with Gasteiger partial charge in [0.25, 0.3) is 0 Å². The molecule has 1 aromatic carbocycles. The van der Waals surface area contributed by atoms with Gasteiger partial charge in [0.1, 0.15) is 6.10 Å². The molecule has 3 aliphatic carbocycles. The second kappa shape index (κ2) is 4.41. The molecule has 2 unspecified atom stereocenters. The second-order valence-corrected chi connectivity index (χ2v) is 8.91. The van der Waals surface area contributed by atoms with Crippen LogP contribution in [0.15, 0.2) is 24.3 Å². The summed E-state index contributed by atoms with van der Waals surface area (Å²) >= 11 is 0. The summed E-state index contributed by atoms with van der Waals surface area (Å²) < 4.78 is 6.29. The van der Waals surface area contributed by atoms with Crippen molar-refractivity contribution in [3.63, 3.8) is 0 Å². The van der Waals surface area contributed by atoms with Crippen LogP contribution in [0.2, 0.25) is 0 Å². The van der Waals surface area contributed by atoms with E-state index >= 15 is 0 Å². The SMILES string of the molecule is C=C1CC[C@]2(O)C3Cc4ccc(O)c5c4[C@]2(CCN3CC2CC2)C1O5. The van der Waals surface area contributed by atoms with Crippen molar-refractivity contribution < 1.29 is 14.9 Å². The first kappa shape index (κ1) is 14.6. The number of likely N-dealkylation sites (tertiary alicyclic amines) is 1. The van der Waals surface area contributed by atoms with Crippen molar-refractivity contribution in [1.82, 2.24) is 4.90 Å². The molecule has 0 amide bonds. The lowest BCUT2D eigenvalue weighted by Gasteiger charge is -2.63. The van der Waals surface area contributed by atoms with Crippen LogP contribution in [0, 0.1) is 5.92 Å². The monoisotopic (exact) mass is 339 g/mol. The normalized spacial score (nSPS) is 41.4. The fraction of sp³-hybridized carbons (Fsp3) is 0.619. The summed E-state index contributed by atoms with van der Waals surface area (Å²) in [5.41, 5.74) is 2.21. The van der Waals surface area contributed by atoms with E-state index in [-0.39, 0.29) is 17.9 Å². The quantitative estimate of drug-likeness (QED) is 0.813. The molecule has 0 aromatic heterocycles. The zero-order chi connectivity index (χ0) is 17.0. The minimum Gasteiger partial charge on any atom is -0.504 e. The highest BCUT2D eigenvalue weighted by Crippen LogP contribution is 2.66. The maximum atomic E-state index is 12.1. The van der Waals surface area contributed by atoms with Gasteiger partial charge in [-0.15, -0.1) is 0 Å². The molecule has 2 heterocycles. The smallest absolute Gasteiger partial charge is 0.166 e. The number of aromatic hydroxyl groups is 1. The summed E-state index contributed by atoms with van der Waals surface area (Å²) in [6.07, 6.45) is 5.79. The third kappa shape index (κ3) is 1.57. The number of piperidine rings is 1. The number of aliphatic hydroxyl groups is 1. The first-order valence-corrected chi connectivity index (χ1v) is 9.71. The van der Waals surface area contributed by atoms with Crippen LogP contribution >= 0.6 is 0 Å². The fourth-order valence-electron chi connectivity index (χ4n) is 6.39. The number of phenols is 1. The molecule has 1 aromatic rings. The topological polar surface area (TPSA) is 52.9 Å². The largest absolute Gasteiger partial charge is 0.504 e. The van der Waals surface area contributed by atoms with Crippen LogP contribution < -0.4 is 4.74 Å². The molecule has 4 nitrogen and oxygen atoms in total. The number of benzene rings is 1. The summed E-state index contributed by atoms with van der Waals surface area (Å²) in [5, 5.41) is 22.5. The summed E-state index contributed by atoms with van der Waals surface area (Å²) in [5.74, 6) is 1.64. The van der Waals surface area contributed by atoms with E-state index in [2.05, 4.69) is 11.5 Å². The van der Waals surface area contributed by atoms with Gasteiger partial charge in [-0.05, 0) is 68.2 Å². The van der Waals surface area contributed by atoms with Gasteiger partial charge < -0.3 is 14.9 Å². The molecule has 2 saturated carbocycles. The molecular weight excluding hydrogens is 314 g/mol. The first-order chi connectivity index (χ1) is 12.0. The van der Waals surface area contributed by atoms with E-state index in [0.29, 0.717) is 5.75 Å². The van der Waals surface area contributed by atoms with Gasteiger partial charge in [0.05, 0.1) is 11.0 Å². The lowest BCUT2D eigenvalue weighted by atomic mass is 9.48. The molecule has 2 aliphatic heterocycles. The molecule has 4 atom stereocenters. The van der Waals surface area contributed by atoms with Gasteiger partial charge in [-0.2, -0.15) is 0 Å². The van der Waals surface area contributed by atoms with Crippen LogP contribution in [-0.4, -0.2) is 45.9 Å². The molecular formula is C21H25NO3. The van der Waals surface area contributed by atoms with E-state index in [0.717, 1.165) is 55.8 Å². The Bertz CT molecular complexity index is 801. The predicted molar refractivity (Wildman–Crippen MR) is 93.9 cm³/mol. The van der Waals surface area contributed by atoms with Crippen LogP contribution in [0.25, 0.3) is 0 Å². The highest BCUT2D eigenvalue weighted by atomic mass is 16.5. The summed E-state index contributed by atoms with van der Waals surface area (Å²) in [4.78, 5) is 2.56. The van der Waals surface area contributed by atoms with E-state index in [1.165, 1.54) is 18.4 Å². The predicted octanol–water partition coefficient (Wildman–Crippen LogP) is 2.51. The molecule has 1 saturated heterocycles. The molecule has 2 bridgehead atoms. The summed E-state index contributed by atoms with van der Waals surface area (Å²) in [6.45, 7) is 6.40. The average Bonchev–Trinajstić information content (AvgIpc) is 3.32. The first-order valence-electron chi connectivity index (χ1n) is 9.71. The number of rotatable bonds is 2. The Balaban J connectivity index is 1.58. The zero-order valence-corrected chi connectivity index (χ0v) is 14.5. The summed E-state index contributed by atoms with van der Waals surface area (Å²) in [7, 11) is 0. The van der Waals surface area contributed by atoms with Gasteiger partial charge in [0, 0.05) is 18.2 Å². The molecule has 6 rings (SSSR count). The van der Waals surface area contributed by atoms with Crippen LogP contribution in [-0.2, 0) is 11.8 Å². The zero-order valence-electron chi connectivity index (χ0n) is 14.5. The van der Waals surface area contributed by atoms with Gasteiger partial charge in [0.15, 0.2) is 11.5 Å². The Hall–Kier alpha value is -1.52. The van der Waals surface area contributed by atoms with Crippen molar-refractivity contribution >= 4 is 0 Å². The van der Waals surface area contributed by atoms with Crippen molar-refractivity contribution in [3.05, 3.63) is 35.4 Å². The molecule has 3 fully saturated rings. The molecule has 25 heavy (non-hydrogen) atoms. The minimum atomic E-state index is -0.780. The van der Waals surface area contributed by atoms with E-state index in [1.807, 2.05) is 6.07 Å². The van der Waals surface area contributed by atoms with Crippen LogP contribution in [0.1, 0.15) is 43.2 Å². The molecule has 2 N–H and O–H groups in total. The molecule has 1 spiro atoms. The summed E-state index contributed by atoms with van der Waals surface area (Å²) in [6, 6.07) is 3.96. The maximum absolute atomic E-state index is 12.1. The van der Waals surface area contributed by atoms with Gasteiger partial charge in [0.2, 0.25) is 0 Å². The van der Waals surface area contributed by atoms with Crippen LogP contribution in [0.4, 0.5) is 0 Å². The van der Waals surface area contributed by atoms with Gasteiger partial charge in [-0.3, -0.25) is 4.90 Å². The number of hydrogen-bond acceptors (Lipinski definition) is 4. The Labute approximate surface area is 148 Å². The Morgan fingerprint density at radius 1 is 1.28 bits per heavy atom. The van der Waals surface area contributed by atoms with E-state index in [1.54, 1.807) is 6.07 Å². The van der Waals surface area contributed by atoms with Crippen LogP contribution in [0.3, 0.4) is 0 Å². The Kier molecular flexibility index (Phi) is 2.58. The Morgan fingerprint density at radius 2 is 2.12 bits per heavy atom. The van der Waals surface area contributed by atoms with Gasteiger partial charge >= 0.3 is 0 Å². The van der Waals surface area contributed by atoms with Crippen molar-refractivity contribution in [1.29, 1.82) is 0 Å². The van der Waals surface area contributed by atoms with Crippen molar-refractivity contribution in [2.75, 3.05) is 13.1 Å². The lowest BCUT2D eigenvalue weighted by Crippen LogP contribution is -2.75.